The van der Waals surface area contributed by atoms with Crippen molar-refractivity contribution in [3.05, 3.63) is 89.5 Å². The number of hydrogen-bond donors (Lipinski definition) is 1. The first-order chi connectivity index (χ1) is 13.5. The molecule has 2 aromatic carbocycles. The standard InChI is InChI=1S/C21H15ClFN3O2.HI/c22-14-4-8-16(9-5-14)24-21(28)20-18-3-1-2-12-25(18)13-19(27)26(20)17-10-6-15(23)7-11-17;/h1-12,20H,13H2;1H. The van der Waals surface area contributed by atoms with Crippen LogP contribution in [0.25, 0.3) is 0 Å². The normalized spacial score (nSPS) is 15.3. The van der Waals surface area contributed by atoms with Crippen LogP contribution in [0.3, 0.4) is 0 Å². The Hall–Kier alpha value is -2.52. The van der Waals surface area contributed by atoms with Crippen LogP contribution < -0.4 is 38.8 Å². The van der Waals surface area contributed by atoms with Gasteiger partial charge in [-0.05, 0) is 48.5 Å². The molecule has 3 aromatic rings. The fraction of sp³-hybridized carbons (Fsp3) is 0.0952. The Bertz CT molecular complexity index is 1040. The van der Waals surface area contributed by atoms with Crippen molar-refractivity contribution in [2.75, 3.05) is 10.2 Å². The van der Waals surface area contributed by atoms with E-state index in [0.717, 1.165) is 0 Å². The van der Waals surface area contributed by atoms with E-state index in [1.165, 1.54) is 29.2 Å². The summed E-state index contributed by atoms with van der Waals surface area (Å²) in [6.45, 7) is 0.0955. The smallest absolute Gasteiger partial charge is 0.294 e. The molecule has 0 saturated carbocycles. The Kier molecular flexibility index (Phi) is 6.49. The molecule has 0 radical (unpaired) electrons. The summed E-state index contributed by atoms with van der Waals surface area (Å²) in [6.07, 6.45) is 1.76. The second-order valence-corrected chi connectivity index (χ2v) is 6.83. The van der Waals surface area contributed by atoms with Gasteiger partial charge in [0.05, 0.1) is 0 Å². The minimum Gasteiger partial charge on any atom is -1.00 e. The number of fused-ring (bicyclic) bond motifs is 1. The molecule has 1 atom stereocenters. The monoisotopic (exact) mass is 523 g/mol. The van der Waals surface area contributed by atoms with Crippen molar-refractivity contribution in [2.24, 2.45) is 0 Å². The van der Waals surface area contributed by atoms with Gasteiger partial charge in [0.15, 0.2) is 6.20 Å². The number of carbonyl (C=O) groups excluding carboxylic acids is 2. The Balaban J connectivity index is 0.00000240. The molecule has 1 aliphatic heterocycles. The number of rotatable bonds is 3. The number of nitrogens with one attached hydrogen (secondary N) is 1. The first kappa shape index (κ1) is 21.2. The number of amides is 2. The van der Waals surface area contributed by atoms with Crippen LogP contribution >= 0.6 is 11.6 Å². The van der Waals surface area contributed by atoms with Crippen LogP contribution in [-0.4, -0.2) is 11.8 Å². The van der Waals surface area contributed by atoms with E-state index in [-0.39, 0.29) is 42.3 Å². The lowest BCUT2D eigenvalue weighted by Crippen LogP contribution is -3.00. The second kappa shape index (κ2) is 8.87. The van der Waals surface area contributed by atoms with Gasteiger partial charge in [-0.2, -0.15) is 4.57 Å². The number of nitrogens with zero attached hydrogens (tertiary/aromatic N) is 2. The van der Waals surface area contributed by atoms with E-state index in [4.69, 9.17) is 11.6 Å². The lowest BCUT2D eigenvalue weighted by atomic mass is 10.0. The Morgan fingerprint density at radius 2 is 1.76 bits per heavy atom. The molecule has 1 N–H and O–H groups in total. The van der Waals surface area contributed by atoms with Crippen molar-refractivity contribution in [1.29, 1.82) is 0 Å². The van der Waals surface area contributed by atoms with Gasteiger partial charge in [-0.25, -0.2) is 4.39 Å². The van der Waals surface area contributed by atoms with E-state index < -0.39 is 11.9 Å². The van der Waals surface area contributed by atoms with Crippen LogP contribution in [0.4, 0.5) is 15.8 Å². The second-order valence-electron chi connectivity index (χ2n) is 6.39. The number of carbonyl (C=O) groups is 2. The van der Waals surface area contributed by atoms with Gasteiger partial charge in [0.2, 0.25) is 18.3 Å². The maximum absolute atomic E-state index is 13.4. The number of pyridine rings is 1. The molecule has 0 bridgehead atoms. The highest BCUT2D eigenvalue weighted by atomic mass is 127. The topological polar surface area (TPSA) is 53.3 Å². The van der Waals surface area contributed by atoms with Crippen molar-refractivity contribution in [1.82, 2.24) is 0 Å². The number of benzene rings is 2. The van der Waals surface area contributed by atoms with Crippen molar-refractivity contribution in [3.63, 3.8) is 0 Å². The highest BCUT2D eigenvalue weighted by Crippen LogP contribution is 2.30. The maximum atomic E-state index is 13.4. The van der Waals surface area contributed by atoms with Crippen LogP contribution in [-0.2, 0) is 16.1 Å². The Labute approximate surface area is 189 Å². The minimum absolute atomic E-state index is 0. The largest absolute Gasteiger partial charge is 1.00 e. The third-order valence-corrected chi connectivity index (χ3v) is 4.81. The number of hydrogen-bond acceptors (Lipinski definition) is 2. The number of anilines is 2. The molecule has 2 amide bonds. The summed E-state index contributed by atoms with van der Waals surface area (Å²) in [5.41, 5.74) is 1.68. The summed E-state index contributed by atoms with van der Waals surface area (Å²) in [7, 11) is 0. The summed E-state index contributed by atoms with van der Waals surface area (Å²) < 4.78 is 15.1. The van der Waals surface area contributed by atoms with E-state index in [0.29, 0.717) is 22.1 Å². The molecule has 4 rings (SSSR count). The molecular formula is C21H16ClFIN3O2. The lowest BCUT2D eigenvalue weighted by Gasteiger charge is -2.32. The summed E-state index contributed by atoms with van der Waals surface area (Å²) in [6, 6.07) is 16.8. The minimum atomic E-state index is -0.899. The molecule has 2 heterocycles. The first-order valence-corrected chi connectivity index (χ1v) is 9.03. The summed E-state index contributed by atoms with van der Waals surface area (Å²) >= 11 is 5.90. The van der Waals surface area contributed by atoms with Crippen molar-refractivity contribution in [2.45, 2.75) is 12.6 Å². The molecule has 29 heavy (non-hydrogen) atoms. The zero-order valence-corrected chi connectivity index (χ0v) is 18.0. The van der Waals surface area contributed by atoms with Crippen LogP contribution in [0.1, 0.15) is 11.7 Å². The highest BCUT2D eigenvalue weighted by Gasteiger charge is 2.43. The summed E-state index contributed by atoms with van der Waals surface area (Å²) in [5.74, 6) is -1.05. The molecule has 8 heteroatoms. The van der Waals surface area contributed by atoms with E-state index >= 15 is 0 Å². The zero-order chi connectivity index (χ0) is 19.7. The third kappa shape index (κ3) is 4.40. The van der Waals surface area contributed by atoms with E-state index in [1.54, 1.807) is 47.2 Å². The van der Waals surface area contributed by atoms with Crippen LogP contribution in [0, 0.1) is 5.82 Å². The lowest BCUT2D eigenvalue weighted by molar-refractivity contribution is -0.695. The van der Waals surface area contributed by atoms with Crippen LogP contribution in [0.5, 0.6) is 0 Å². The fourth-order valence-corrected chi connectivity index (χ4v) is 3.40. The average molecular weight is 524 g/mol. The number of aromatic nitrogens is 1. The van der Waals surface area contributed by atoms with Gasteiger partial charge in [-0.1, -0.05) is 17.7 Å². The Morgan fingerprint density at radius 1 is 1.07 bits per heavy atom. The van der Waals surface area contributed by atoms with E-state index in [9.17, 15) is 14.0 Å². The maximum Gasteiger partial charge on any atom is 0.294 e. The first-order valence-electron chi connectivity index (χ1n) is 8.65. The third-order valence-electron chi connectivity index (χ3n) is 4.55. The molecule has 5 nitrogen and oxygen atoms in total. The molecule has 1 aliphatic rings. The van der Waals surface area contributed by atoms with Crippen LogP contribution in [0.15, 0.2) is 72.9 Å². The van der Waals surface area contributed by atoms with Gasteiger partial charge >= 0.3 is 0 Å². The number of halogens is 3. The molecule has 0 aliphatic carbocycles. The molecule has 148 valence electrons. The van der Waals surface area contributed by atoms with Gasteiger partial charge < -0.3 is 29.3 Å². The molecule has 1 aromatic heterocycles. The van der Waals surface area contributed by atoms with Gasteiger partial charge in [-0.15, -0.1) is 0 Å². The molecular weight excluding hydrogens is 508 g/mol. The van der Waals surface area contributed by atoms with Gasteiger partial charge in [-0.3, -0.25) is 14.5 Å². The Morgan fingerprint density at radius 3 is 2.45 bits per heavy atom. The predicted octanol–water partition coefficient (Wildman–Crippen LogP) is 0.497. The van der Waals surface area contributed by atoms with Crippen molar-refractivity contribution >= 4 is 34.8 Å². The molecule has 0 saturated heterocycles. The van der Waals surface area contributed by atoms with Gasteiger partial charge in [0.25, 0.3) is 11.8 Å². The fourth-order valence-electron chi connectivity index (χ4n) is 3.27. The molecule has 0 fully saturated rings. The SMILES string of the molecule is O=C(Nc1ccc(Cl)cc1)C1c2cccc[n+]2CC(=O)N1c1ccc(F)cc1.[I-]. The quantitative estimate of drug-likeness (QED) is 0.402. The van der Waals surface area contributed by atoms with Gasteiger partial charge in [0, 0.05) is 28.5 Å². The molecule has 0 spiro atoms. The van der Waals surface area contributed by atoms with Crippen LogP contribution in [0.2, 0.25) is 5.02 Å². The predicted molar refractivity (Wildman–Crippen MR) is 103 cm³/mol. The van der Waals surface area contributed by atoms with E-state index in [1.807, 2.05) is 6.07 Å². The highest BCUT2D eigenvalue weighted by molar-refractivity contribution is 6.30. The summed E-state index contributed by atoms with van der Waals surface area (Å²) in [5, 5.41) is 3.39. The van der Waals surface area contributed by atoms with Crippen molar-refractivity contribution in [3.8, 4) is 0 Å². The van der Waals surface area contributed by atoms with Gasteiger partial charge in [0.1, 0.15) is 5.82 Å². The van der Waals surface area contributed by atoms with Crippen molar-refractivity contribution < 1.29 is 42.5 Å². The summed E-state index contributed by atoms with van der Waals surface area (Å²) in [4.78, 5) is 27.5. The molecule has 1 unspecified atom stereocenters. The van der Waals surface area contributed by atoms with E-state index in [2.05, 4.69) is 5.32 Å². The average Bonchev–Trinajstić information content (AvgIpc) is 2.69. The zero-order valence-electron chi connectivity index (χ0n) is 15.1.